The third-order valence-corrected chi connectivity index (χ3v) is 2.96. The molecule has 0 aliphatic heterocycles. The molecule has 1 aromatic carbocycles. The lowest BCUT2D eigenvalue weighted by Crippen LogP contribution is -2.05. The number of aromatic hydroxyl groups is 1. The summed E-state index contributed by atoms with van der Waals surface area (Å²) in [6.07, 6.45) is 0. The van der Waals surface area contributed by atoms with Crippen molar-refractivity contribution in [3.8, 4) is 5.75 Å². The van der Waals surface area contributed by atoms with E-state index in [-0.39, 0.29) is 17.4 Å². The lowest BCUT2D eigenvalue weighted by atomic mass is 10.1. The highest BCUT2D eigenvalue weighted by molar-refractivity contribution is 6.05. The molecule has 0 unspecified atom stereocenters. The van der Waals surface area contributed by atoms with Gasteiger partial charge >= 0.3 is 5.97 Å². The lowest BCUT2D eigenvalue weighted by molar-refractivity contribution is 0.0698. The maximum absolute atomic E-state index is 11.3. The molecule has 4 heteroatoms. The molecule has 0 atom stereocenters. The average Bonchev–Trinajstić information content (AvgIpc) is 2.48. The fourth-order valence-electron chi connectivity index (χ4n) is 2.37. The van der Waals surface area contributed by atoms with E-state index in [1.54, 1.807) is 19.1 Å². The van der Waals surface area contributed by atoms with Crippen molar-refractivity contribution >= 4 is 16.9 Å². The third-order valence-electron chi connectivity index (χ3n) is 2.96. The SMILES string of the molecule is Cc1c(C(=O)O)c2cc(O)ccc2n1C(C)C. The molecule has 0 amide bonds. The molecule has 17 heavy (non-hydrogen) atoms. The van der Waals surface area contributed by atoms with E-state index < -0.39 is 5.97 Å². The Bertz CT molecular complexity index is 596. The van der Waals surface area contributed by atoms with Gasteiger partial charge in [-0.1, -0.05) is 0 Å². The highest BCUT2D eigenvalue weighted by Crippen LogP contribution is 2.31. The van der Waals surface area contributed by atoms with Crippen molar-refractivity contribution < 1.29 is 15.0 Å². The second-order valence-corrected chi connectivity index (χ2v) is 4.43. The molecule has 2 N–H and O–H groups in total. The van der Waals surface area contributed by atoms with Crippen molar-refractivity contribution in [3.63, 3.8) is 0 Å². The fourth-order valence-corrected chi connectivity index (χ4v) is 2.37. The van der Waals surface area contributed by atoms with Gasteiger partial charge in [-0.05, 0) is 39.0 Å². The first-order valence-corrected chi connectivity index (χ1v) is 5.50. The summed E-state index contributed by atoms with van der Waals surface area (Å²) >= 11 is 0. The molecule has 2 aromatic rings. The normalized spacial score (nSPS) is 11.3. The van der Waals surface area contributed by atoms with Crippen LogP contribution < -0.4 is 0 Å². The molecule has 90 valence electrons. The number of carboxylic acids is 1. The maximum Gasteiger partial charge on any atom is 0.338 e. The zero-order valence-corrected chi connectivity index (χ0v) is 10.1. The first-order valence-electron chi connectivity index (χ1n) is 5.50. The number of aromatic nitrogens is 1. The second kappa shape index (κ2) is 3.80. The van der Waals surface area contributed by atoms with Crippen LogP contribution in [0.15, 0.2) is 18.2 Å². The number of carbonyl (C=O) groups is 1. The van der Waals surface area contributed by atoms with Gasteiger partial charge in [-0.3, -0.25) is 0 Å². The van der Waals surface area contributed by atoms with Crippen LogP contribution in [-0.2, 0) is 0 Å². The first-order chi connectivity index (χ1) is 7.93. The van der Waals surface area contributed by atoms with Gasteiger partial charge in [-0.25, -0.2) is 4.79 Å². The Morgan fingerprint density at radius 1 is 1.35 bits per heavy atom. The van der Waals surface area contributed by atoms with Gasteiger partial charge in [0.05, 0.1) is 5.56 Å². The molecule has 4 nitrogen and oxygen atoms in total. The Labute approximate surface area is 99.1 Å². The van der Waals surface area contributed by atoms with Gasteiger partial charge in [-0.15, -0.1) is 0 Å². The Morgan fingerprint density at radius 3 is 2.53 bits per heavy atom. The number of phenols is 1. The van der Waals surface area contributed by atoms with E-state index in [9.17, 15) is 15.0 Å². The van der Waals surface area contributed by atoms with Gasteiger partial charge in [0, 0.05) is 22.6 Å². The van der Waals surface area contributed by atoms with Gasteiger partial charge in [0.15, 0.2) is 0 Å². The quantitative estimate of drug-likeness (QED) is 0.838. The largest absolute Gasteiger partial charge is 0.508 e. The summed E-state index contributed by atoms with van der Waals surface area (Å²) in [6.45, 7) is 5.80. The molecular formula is C13H15NO3. The number of carboxylic acid groups (broad SMARTS) is 1. The molecule has 0 fully saturated rings. The smallest absolute Gasteiger partial charge is 0.338 e. The van der Waals surface area contributed by atoms with Gasteiger partial charge < -0.3 is 14.8 Å². The standard InChI is InChI=1S/C13H15NO3/c1-7(2)14-8(3)12(13(16)17)10-6-9(15)4-5-11(10)14/h4-7,15H,1-3H3,(H,16,17). The Balaban J connectivity index is 2.93. The summed E-state index contributed by atoms with van der Waals surface area (Å²) in [6, 6.07) is 5.01. The molecule has 1 heterocycles. The summed E-state index contributed by atoms with van der Waals surface area (Å²) < 4.78 is 1.97. The van der Waals surface area contributed by atoms with Crippen molar-refractivity contribution in [3.05, 3.63) is 29.5 Å². The highest BCUT2D eigenvalue weighted by atomic mass is 16.4. The van der Waals surface area contributed by atoms with Crippen molar-refractivity contribution in [1.82, 2.24) is 4.57 Å². The van der Waals surface area contributed by atoms with E-state index in [2.05, 4.69) is 0 Å². The number of rotatable bonds is 2. The van der Waals surface area contributed by atoms with E-state index in [1.807, 2.05) is 18.4 Å². The number of phenolic OH excluding ortho intramolecular Hbond substituents is 1. The van der Waals surface area contributed by atoms with Crippen molar-refractivity contribution in [2.45, 2.75) is 26.8 Å². The molecule has 1 aromatic heterocycles. The maximum atomic E-state index is 11.3. The first kappa shape index (κ1) is 11.5. The minimum atomic E-state index is -0.961. The highest BCUT2D eigenvalue weighted by Gasteiger charge is 2.20. The predicted molar refractivity (Wildman–Crippen MR) is 65.7 cm³/mol. The van der Waals surface area contributed by atoms with Crippen molar-refractivity contribution in [2.24, 2.45) is 0 Å². The molecule has 0 saturated heterocycles. The zero-order valence-electron chi connectivity index (χ0n) is 10.1. The summed E-state index contributed by atoms with van der Waals surface area (Å²) in [4.78, 5) is 11.3. The van der Waals surface area contributed by atoms with Gasteiger partial charge in [0.25, 0.3) is 0 Å². The van der Waals surface area contributed by atoms with E-state index in [0.29, 0.717) is 11.1 Å². The monoisotopic (exact) mass is 233 g/mol. The van der Waals surface area contributed by atoms with Crippen LogP contribution >= 0.6 is 0 Å². The fraction of sp³-hybridized carbons (Fsp3) is 0.308. The topological polar surface area (TPSA) is 62.5 Å². The van der Waals surface area contributed by atoms with Crippen LogP contribution in [0.4, 0.5) is 0 Å². The van der Waals surface area contributed by atoms with E-state index in [1.165, 1.54) is 6.07 Å². The van der Waals surface area contributed by atoms with E-state index >= 15 is 0 Å². The Morgan fingerprint density at radius 2 is 2.00 bits per heavy atom. The van der Waals surface area contributed by atoms with Gasteiger partial charge in [-0.2, -0.15) is 0 Å². The Kier molecular flexibility index (Phi) is 2.58. The summed E-state index contributed by atoms with van der Waals surface area (Å²) in [5.74, 6) is -0.876. The van der Waals surface area contributed by atoms with Crippen LogP contribution in [0.25, 0.3) is 10.9 Å². The zero-order chi connectivity index (χ0) is 12.7. The average molecular weight is 233 g/mol. The molecule has 0 bridgehead atoms. The Hall–Kier alpha value is -1.97. The number of hydrogen-bond acceptors (Lipinski definition) is 2. The second-order valence-electron chi connectivity index (χ2n) is 4.43. The molecule has 0 saturated carbocycles. The van der Waals surface area contributed by atoms with Gasteiger partial charge in [0.2, 0.25) is 0 Å². The molecule has 0 aliphatic rings. The minimum absolute atomic E-state index is 0.0842. The van der Waals surface area contributed by atoms with Gasteiger partial charge in [0.1, 0.15) is 5.75 Å². The van der Waals surface area contributed by atoms with Crippen molar-refractivity contribution in [1.29, 1.82) is 0 Å². The summed E-state index contributed by atoms with van der Waals surface area (Å²) in [7, 11) is 0. The van der Waals surface area contributed by atoms with E-state index in [4.69, 9.17) is 0 Å². The molecular weight excluding hydrogens is 218 g/mol. The van der Waals surface area contributed by atoms with Crippen LogP contribution in [0.3, 0.4) is 0 Å². The van der Waals surface area contributed by atoms with Crippen LogP contribution in [0.1, 0.15) is 35.9 Å². The van der Waals surface area contributed by atoms with Crippen molar-refractivity contribution in [2.75, 3.05) is 0 Å². The van der Waals surface area contributed by atoms with Crippen LogP contribution in [0.2, 0.25) is 0 Å². The molecule has 2 rings (SSSR count). The van der Waals surface area contributed by atoms with Crippen LogP contribution in [-0.4, -0.2) is 20.7 Å². The lowest BCUT2D eigenvalue weighted by Gasteiger charge is -2.12. The molecule has 0 radical (unpaired) electrons. The molecule has 0 aliphatic carbocycles. The van der Waals surface area contributed by atoms with E-state index in [0.717, 1.165) is 5.52 Å². The summed E-state index contributed by atoms with van der Waals surface area (Å²) in [5.41, 5.74) is 1.82. The number of hydrogen-bond donors (Lipinski definition) is 2. The van der Waals surface area contributed by atoms with Crippen LogP contribution in [0, 0.1) is 6.92 Å². The number of fused-ring (bicyclic) bond motifs is 1. The third kappa shape index (κ3) is 1.65. The number of benzene rings is 1. The number of aromatic carboxylic acids is 1. The molecule has 0 spiro atoms. The predicted octanol–water partition coefficient (Wildman–Crippen LogP) is 2.93. The number of nitrogens with zero attached hydrogens (tertiary/aromatic N) is 1. The summed E-state index contributed by atoms with van der Waals surface area (Å²) in [5, 5.41) is 19.3. The van der Waals surface area contributed by atoms with Crippen LogP contribution in [0.5, 0.6) is 5.75 Å². The minimum Gasteiger partial charge on any atom is -0.508 e.